The zero-order chi connectivity index (χ0) is 20.2. The zero-order valence-corrected chi connectivity index (χ0v) is 16.5. The lowest BCUT2D eigenvalue weighted by molar-refractivity contribution is -0.120. The van der Waals surface area contributed by atoms with Crippen LogP contribution in [0.2, 0.25) is 0 Å². The lowest BCUT2D eigenvalue weighted by Crippen LogP contribution is -2.35. The summed E-state index contributed by atoms with van der Waals surface area (Å²) in [5.41, 5.74) is 4.79. The molecule has 0 fully saturated rings. The Hall–Kier alpha value is -3.40. The first-order valence-electron chi connectivity index (χ1n) is 9.93. The van der Waals surface area contributed by atoms with E-state index in [4.69, 9.17) is 0 Å². The highest BCUT2D eigenvalue weighted by molar-refractivity contribution is 6.07. The first-order chi connectivity index (χ1) is 14.1. The number of hydrogen-bond acceptors (Lipinski definition) is 2. The van der Waals surface area contributed by atoms with Crippen LogP contribution in [0.5, 0.6) is 0 Å². The highest BCUT2D eigenvalue weighted by Crippen LogP contribution is 2.34. The van der Waals surface area contributed by atoms with Crippen LogP contribution >= 0.6 is 0 Å². The lowest BCUT2D eigenvalue weighted by Gasteiger charge is -2.23. The number of rotatable bonds is 5. The Morgan fingerprint density at radius 2 is 1.62 bits per heavy atom. The number of carbonyl (C=O) groups excluding carboxylic acids is 2. The second kappa shape index (κ2) is 8.31. The molecule has 1 aliphatic heterocycles. The number of hydrogen-bond donors (Lipinski definition) is 1. The molecule has 0 bridgehead atoms. The monoisotopic (exact) mass is 384 g/mol. The van der Waals surface area contributed by atoms with E-state index in [-0.39, 0.29) is 17.9 Å². The molecular weight excluding hydrogens is 360 g/mol. The fourth-order valence-corrected chi connectivity index (χ4v) is 3.84. The van der Waals surface area contributed by atoms with Crippen molar-refractivity contribution >= 4 is 17.5 Å². The van der Waals surface area contributed by atoms with Gasteiger partial charge in [-0.1, -0.05) is 60.7 Å². The maximum absolute atomic E-state index is 13.1. The van der Waals surface area contributed by atoms with Gasteiger partial charge in [0.25, 0.3) is 5.91 Å². The molecule has 1 aliphatic rings. The molecule has 29 heavy (non-hydrogen) atoms. The van der Waals surface area contributed by atoms with Crippen LogP contribution in [0.1, 0.15) is 34.0 Å². The fraction of sp³-hybridized carbons (Fsp3) is 0.200. The minimum atomic E-state index is -0.0118. The molecule has 4 heteroatoms. The third-order valence-corrected chi connectivity index (χ3v) is 5.30. The number of benzene rings is 3. The summed E-state index contributed by atoms with van der Waals surface area (Å²) in [5.74, 6) is 0.00407. The van der Waals surface area contributed by atoms with E-state index in [1.54, 1.807) is 0 Å². The van der Waals surface area contributed by atoms with Crippen LogP contribution in [0.4, 0.5) is 5.69 Å². The molecule has 2 amide bonds. The van der Waals surface area contributed by atoms with Crippen LogP contribution in [0, 0.1) is 0 Å². The Morgan fingerprint density at radius 3 is 2.34 bits per heavy atom. The Labute approximate surface area is 171 Å². The van der Waals surface area contributed by atoms with Gasteiger partial charge in [0.1, 0.15) is 0 Å². The molecule has 1 N–H and O–H groups in total. The van der Waals surface area contributed by atoms with Crippen molar-refractivity contribution in [3.63, 3.8) is 0 Å². The Morgan fingerprint density at radius 1 is 0.931 bits per heavy atom. The van der Waals surface area contributed by atoms with Crippen LogP contribution < -0.4 is 10.2 Å². The third-order valence-electron chi connectivity index (χ3n) is 5.30. The highest BCUT2D eigenvalue weighted by atomic mass is 16.2. The summed E-state index contributed by atoms with van der Waals surface area (Å²) in [5, 5.41) is 2.98. The molecule has 1 heterocycles. The van der Waals surface area contributed by atoms with Crippen molar-refractivity contribution < 1.29 is 9.59 Å². The van der Waals surface area contributed by atoms with E-state index in [1.807, 2.05) is 77.7 Å². The average molecular weight is 384 g/mol. The van der Waals surface area contributed by atoms with E-state index in [0.717, 1.165) is 23.2 Å². The summed E-state index contributed by atoms with van der Waals surface area (Å²) < 4.78 is 0. The van der Waals surface area contributed by atoms with Crippen molar-refractivity contribution in [2.24, 2.45) is 0 Å². The Kier molecular flexibility index (Phi) is 5.43. The molecule has 1 unspecified atom stereocenters. The summed E-state index contributed by atoms with van der Waals surface area (Å²) in [6, 6.07) is 25.3. The first kappa shape index (κ1) is 18.9. The van der Waals surface area contributed by atoms with Gasteiger partial charge in [-0.3, -0.25) is 9.59 Å². The quantitative estimate of drug-likeness (QED) is 0.719. The number of nitrogens with one attached hydrogen (secondary N) is 1. The van der Waals surface area contributed by atoms with Crippen LogP contribution in [0.15, 0.2) is 78.9 Å². The van der Waals surface area contributed by atoms with E-state index in [1.165, 1.54) is 5.56 Å². The van der Waals surface area contributed by atoms with Crippen molar-refractivity contribution in [3.8, 4) is 0 Å². The molecule has 0 radical (unpaired) electrons. The van der Waals surface area contributed by atoms with Gasteiger partial charge >= 0.3 is 0 Å². The number of nitrogens with zero attached hydrogens (tertiary/aromatic N) is 1. The minimum Gasteiger partial charge on any atom is -0.352 e. The topological polar surface area (TPSA) is 49.4 Å². The van der Waals surface area contributed by atoms with Crippen molar-refractivity contribution in [3.05, 3.63) is 101 Å². The van der Waals surface area contributed by atoms with Gasteiger partial charge in [-0.2, -0.15) is 0 Å². The number of anilines is 1. The van der Waals surface area contributed by atoms with Crippen molar-refractivity contribution in [2.75, 3.05) is 4.90 Å². The second-order valence-corrected chi connectivity index (χ2v) is 7.50. The number of amides is 2. The molecule has 3 aromatic carbocycles. The van der Waals surface area contributed by atoms with Gasteiger partial charge in [0.15, 0.2) is 0 Å². The van der Waals surface area contributed by atoms with Crippen LogP contribution in [0.3, 0.4) is 0 Å². The Balaban J connectivity index is 1.47. The average Bonchev–Trinajstić information content (AvgIpc) is 3.08. The molecule has 0 saturated heterocycles. The van der Waals surface area contributed by atoms with Gasteiger partial charge in [-0.15, -0.1) is 0 Å². The molecule has 0 aliphatic carbocycles. The van der Waals surface area contributed by atoms with E-state index in [9.17, 15) is 9.59 Å². The summed E-state index contributed by atoms with van der Waals surface area (Å²) in [6.07, 6.45) is 1.20. The van der Waals surface area contributed by atoms with Crippen LogP contribution in [0.25, 0.3) is 0 Å². The van der Waals surface area contributed by atoms with E-state index < -0.39 is 0 Å². The van der Waals surface area contributed by atoms with E-state index >= 15 is 0 Å². The van der Waals surface area contributed by atoms with Gasteiger partial charge in [0.2, 0.25) is 5.91 Å². The molecule has 3 aromatic rings. The van der Waals surface area contributed by atoms with Crippen molar-refractivity contribution in [2.45, 2.75) is 32.4 Å². The zero-order valence-electron chi connectivity index (χ0n) is 16.5. The SMILES string of the molecule is CC1Cc2ccc(CNC(=O)Cc3ccccc3)cc2N1C(=O)c1ccccc1. The summed E-state index contributed by atoms with van der Waals surface area (Å²) in [6.45, 7) is 2.52. The van der Waals surface area contributed by atoms with Gasteiger partial charge in [-0.05, 0) is 48.2 Å². The van der Waals surface area contributed by atoms with Crippen LogP contribution in [-0.2, 0) is 24.2 Å². The van der Waals surface area contributed by atoms with Gasteiger partial charge in [-0.25, -0.2) is 0 Å². The molecule has 0 aromatic heterocycles. The number of fused-ring (bicyclic) bond motifs is 1. The van der Waals surface area contributed by atoms with Crippen molar-refractivity contribution in [1.82, 2.24) is 5.32 Å². The highest BCUT2D eigenvalue weighted by Gasteiger charge is 2.31. The normalized spacial score (nSPS) is 15.1. The third kappa shape index (κ3) is 4.21. The minimum absolute atomic E-state index is 0.0118. The first-order valence-corrected chi connectivity index (χ1v) is 9.93. The molecular formula is C25H24N2O2. The summed E-state index contributed by atoms with van der Waals surface area (Å²) in [7, 11) is 0. The Bertz CT molecular complexity index is 1020. The molecule has 1 atom stereocenters. The van der Waals surface area contributed by atoms with Gasteiger partial charge in [0, 0.05) is 23.8 Å². The summed E-state index contributed by atoms with van der Waals surface area (Å²) in [4.78, 5) is 27.2. The van der Waals surface area contributed by atoms with E-state index in [2.05, 4.69) is 18.3 Å². The largest absolute Gasteiger partial charge is 0.352 e. The van der Waals surface area contributed by atoms with Gasteiger partial charge < -0.3 is 10.2 Å². The maximum atomic E-state index is 13.1. The smallest absolute Gasteiger partial charge is 0.258 e. The van der Waals surface area contributed by atoms with Crippen LogP contribution in [-0.4, -0.2) is 17.9 Å². The molecule has 146 valence electrons. The second-order valence-electron chi connectivity index (χ2n) is 7.50. The predicted octanol–water partition coefficient (Wildman–Crippen LogP) is 4.14. The summed E-state index contributed by atoms with van der Waals surface area (Å²) >= 11 is 0. The molecule has 4 nitrogen and oxygen atoms in total. The molecule has 0 saturated carbocycles. The van der Waals surface area contributed by atoms with E-state index in [0.29, 0.717) is 18.5 Å². The molecule has 0 spiro atoms. The fourth-order valence-electron chi connectivity index (χ4n) is 3.84. The van der Waals surface area contributed by atoms with Crippen molar-refractivity contribution in [1.29, 1.82) is 0 Å². The number of carbonyl (C=O) groups is 2. The standard InChI is InChI=1S/C25H24N2O2/c1-18-14-22-13-12-20(17-26-24(28)16-19-8-4-2-5-9-19)15-23(22)27(18)25(29)21-10-6-3-7-11-21/h2-13,15,18H,14,16-17H2,1H3,(H,26,28). The van der Waals surface area contributed by atoms with Gasteiger partial charge in [0.05, 0.1) is 6.42 Å². The lowest BCUT2D eigenvalue weighted by atomic mass is 10.1. The maximum Gasteiger partial charge on any atom is 0.258 e. The molecule has 4 rings (SSSR count). The predicted molar refractivity (Wildman–Crippen MR) is 115 cm³/mol.